The molecule has 0 aliphatic carbocycles. The van der Waals surface area contributed by atoms with Crippen molar-refractivity contribution in [3.8, 4) is 11.4 Å². The van der Waals surface area contributed by atoms with Crippen LogP contribution in [0.15, 0.2) is 43.0 Å². The zero-order valence-electron chi connectivity index (χ0n) is 15.4. The van der Waals surface area contributed by atoms with Crippen molar-refractivity contribution in [3.05, 3.63) is 60.5 Å². The Kier molecular flexibility index (Phi) is 5.36. The second-order valence-corrected chi connectivity index (χ2v) is 6.20. The lowest BCUT2D eigenvalue weighted by molar-refractivity contribution is 0.708. The van der Waals surface area contributed by atoms with Crippen molar-refractivity contribution >= 4 is 5.95 Å². The Bertz CT molecular complexity index is 884. The van der Waals surface area contributed by atoms with Crippen molar-refractivity contribution in [2.24, 2.45) is 0 Å². The Balaban J connectivity index is 1.84. The summed E-state index contributed by atoms with van der Waals surface area (Å²) >= 11 is 0. The molecule has 0 spiro atoms. The van der Waals surface area contributed by atoms with Crippen LogP contribution in [-0.4, -0.2) is 43.8 Å². The van der Waals surface area contributed by atoms with E-state index in [9.17, 15) is 0 Å². The molecule has 0 unspecified atom stereocenters. The minimum Gasteiger partial charge on any atom is -0.347 e. The Labute approximate surface area is 153 Å². The highest BCUT2D eigenvalue weighted by Gasteiger charge is 2.14. The molecule has 0 aliphatic heterocycles. The molecule has 0 saturated carbocycles. The van der Waals surface area contributed by atoms with Crippen molar-refractivity contribution in [1.29, 1.82) is 0 Å². The van der Waals surface area contributed by atoms with E-state index in [4.69, 9.17) is 0 Å². The van der Waals surface area contributed by atoms with Crippen LogP contribution in [-0.2, 0) is 19.4 Å². The predicted octanol–water partition coefficient (Wildman–Crippen LogP) is 2.48. The number of nitrogens with zero attached hydrogens (tertiary/aromatic N) is 7. The molecule has 3 aromatic rings. The lowest BCUT2D eigenvalue weighted by atomic mass is 10.2. The van der Waals surface area contributed by atoms with Crippen molar-refractivity contribution in [3.63, 3.8) is 0 Å². The van der Waals surface area contributed by atoms with E-state index >= 15 is 0 Å². The summed E-state index contributed by atoms with van der Waals surface area (Å²) in [5, 5.41) is 8.77. The number of hydrogen-bond acceptors (Lipinski definition) is 6. The largest absolute Gasteiger partial charge is 0.347 e. The van der Waals surface area contributed by atoms with Gasteiger partial charge in [-0.3, -0.25) is 0 Å². The minimum absolute atomic E-state index is 0.658. The first-order valence-electron chi connectivity index (χ1n) is 8.55. The van der Waals surface area contributed by atoms with Gasteiger partial charge >= 0.3 is 0 Å². The van der Waals surface area contributed by atoms with Crippen molar-refractivity contribution < 1.29 is 0 Å². The molecule has 0 radical (unpaired) electrons. The summed E-state index contributed by atoms with van der Waals surface area (Å²) in [6.07, 6.45) is 3.23. The zero-order chi connectivity index (χ0) is 18.5. The van der Waals surface area contributed by atoms with Gasteiger partial charge in [-0.1, -0.05) is 36.4 Å². The summed E-state index contributed by atoms with van der Waals surface area (Å²) in [4.78, 5) is 15.2. The number of aromatic nitrogens is 6. The maximum Gasteiger partial charge on any atom is 0.228 e. The molecule has 3 rings (SSSR count). The molecule has 0 atom stereocenters. The summed E-state index contributed by atoms with van der Waals surface area (Å²) < 4.78 is 2.09. The fraction of sp³-hybridized carbons (Fsp3) is 0.316. The second-order valence-electron chi connectivity index (χ2n) is 6.20. The number of allylic oxidation sites excluding steroid dienone is 1. The van der Waals surface area contributed by atoms with E-state index in [-0.39, 0.29) is 0 Å². The normalized spacial score (nSPS) is 10.7. The van der Waals surface area contributed by atoms with Crippen LogP contribution in [0.4, 0.5) is 5.95 Å². The van der Waals surface area contributed by atoms with E-state index in [1.807, 2.05) is 62.3 Å². The summed E-state index contributed by atoms with van der Waals surface area (Å²) in [7, 11) is 3.84. The van der Waals surface area contributed by atoms with Gasteiger partial charge in [-0.05, 0) is 6.92 Å². The van der Waals surface area contributed by atoms with Gasteiger partial charge in [-0.15, -0.1) is 16.8 Å². The van der Waals surface area contributed by atoms with E-state index < -0.39 is 0 Å². The Hall–Kier alpha value is -3.09. The first-order valence-corrected chi connectivity index (χ1v) is 8.55. The van der Waals surface area contributed by atoms with Crippen LogP contribution in [0.1, 0.15) is 17.5 Å². The molecule has 0 amide bonds. The Morgan fingerprint density at radius 2 is 1.81 bits per heavy atom. The topological polar surface area (TPSA) is 72.6 Å². The molecule has 7 nitrogen and oxygen atoms in total. The molecule has 2 heterocycles. The van der Waals surface area contributed by atoms with E-state index in [1.165, 1.54) is 0 Å². The van der Waals surface area contributed by atoms with Crippen molar-refractivity contribution in [2.45, 2.75) is 26.3 Å². The van der Waals surface area contributed by atoms with Crippen molar-refractivity contribution in [1.82, 2.24) is 29.7 Å². The van der Waals surface area contributed by atoms with Gasteiger partial charge in [-0.25, -0.2) is 4.98 Å². The monoisotopic (exact) mass is 349 g/mol. The van der Waals surface area contributed by atoms with E-state index in [1.54, 1.807) is 0 Å². The van der Waals surface area contributed by atoms with Gasteiger partial charge in [0.2, 0.25) is 5.95 Å². The SMILES string of the molecule is C=CCn1c(CCc2nc(C)nc(N(C)C)n2)nnc1-c1ccccc1. The van der Waals surface area contributed by atoms with Crippen LogP contribution in [0, 0.1) is 6.92 Å². The highest BCUT2D eigenvalue weighted by atomic mass is 15.3. The molecular weight excluding hydrogens is 326 g/mol. The molecule has 0 saturated heterocycles. The first-order chi connectivity index (χ1) is 12.6. The zero-order valence-corrected chi connectivity index (χ0v) is 15.4. The van der Waals surface area contributed by atoms with Gasteiger partial charge in [0.1, 0.15) is 17.5 Å². The predicted molar refractivity (Wildman–Crippen MR) is 102 cm³/mol. The molecule has 0 N–H and O–H groups in total. The standard InChI is InChI=1S/C19H23N7/c1-5-13-26-17(23-24-18(26)15-9-7-6-8-10-15)12-11-16-20-14(2)21-19(22-16)25(3)4/h5-10H,1,11-13H2,2-4H3. The van der Waals surface area contributed by atoms with Gasteiger partial charge in [-0.2, -0.15) is 9.97 Å². The summed E-state index contributed by atoms with van der Waals surface area (Å²) in [5.74, 6) is 3.89. The van der Waals surface area contributed by atoms with E-state index in [2.05, 4.69) is 36.3 Å². The smallest absolute Gasteiger partial charge is 0.228 e. The number of aryl methyl sites for hydroxylation is 3. The molecular formula is C19H23N7. The summed E-state index contributed by atoms with van der Waals surface area (Å²) in [5.41, 5.74) is 1.04. The van der Waals surface area contributed by atoms with Crippen LogP contribution >= 0.6 is 0 Å². The van der Waals surface area contributed by atoms with Gasteiger partial charge < -0.3 is 9.47 Å². The third-order valence-corrected chi connectivity index (χ3v) is 3.92. The molecule has 134 valence electrons. The number of rotatable bonds is 7. The van der Waals surface area contributed by atoms with Crippen LogP contribution in [0.3, 0.4) is 0 Å². The third-order valence-electron chi connectivity index (χ3n) is 3.92. The van der Waals surface area contributed by atoms with Crippen LogP contribution < -0.4 is 4.90 Å². The highest BCUT2D eigenvalue weighted by molar-refractivity contribution is 5.55. The van der Waals surface area contributed by atoms with Crippen LogP contribution in [0.5, 0.6) is 0 Å². The molecule has 7 heteroatoms. The average molecular weight is 349 g/mol. The van der Waals surface area contributed by atoms with E-state index in [0.717, 1.165) is 28.9 Å². The van der Waals surface area contributed by atoms with Crippen LogP contribution in [0.25, 0.3) is 11.4 Å². The molecule has 1 aromatic carbocycles. The van der Waals surface area contributed by atoms with Gasteiger partial charge in [0.05, 0.1) is 0 Å². The fourth-order valence-electron chi connectivity index (χ4n) is 2.70. The minimum atomic E-state index is 0.658. The number of benzene rings is 1. The first kappa shape index (κ1) is 17.7. The molecule has 0 bridgehead atoms. The molecule has 0 fully saturated rings. The maximum absolute atomic E-state index is 4.51. The Morgan fingerprint density at radius 3 is 2.50 bits per heavy atom. The third kappa shape index (κ3) is 3.93. The second kappa shape index (κ2) is 7.86. The molecule has 2 aromatic heterocycles. The van der Waals surface area contributed by atoms with E-state index in [0.29, 0.717) is 25.3 Å². The molecule has 26 heavy (non-hydrogen) atoms. The Morgan fingerprint density at radius 1 is 1.04 bits per heavy atom. The van der Waals surface area contributed by atoms with Gasteiger partial charge in [0.15, 0.2) is 5.82 Å². The van der Waals surface area contributed by atoms with Gasteiger partial charge in [0, 0.05) is 39.0 Å². The number of hydrogen-bond donors (Lipinski definition) is 0. The maximum atomic E-state index is 4.51. The highest BCUT2D eigenvalue weighted by Crippen LogP contribution is 2.19. The van der Waals surface area contributed by atoms with Gasteiger partial charge in [0.25, 0.3) is 0 Å². The molecule has 0 aliphatic rings. The lowest BCUT2D eigenvalue weighted by Crippen LogP contribution is -2.16. The van der Waals surface area contributed by atoms with Crippen LogP contribution in [0.2, 0.25) is 0 Å². The summed E-state index contributed by atoms with van der Waals surface area (Å²) in [6.45, 7) is 6.40. The number of anilines is 1. The lowest BCUT2D eigenvalue weighted by Gasteiger charge is -2.12. The van der Waals surface area contributed by atoms with Crippen molar-refractivity contribution in [2.75, 3.05) is 19.0 Å². The summed E-state index contributed by atoms with van der Waals surface area (Å²) in [6, 6.07) is 10.1. The fourth-order valence-corrected chi connectivity index (χ4v) is 2.70. The average Bonchev–Trinajstić information content (AvgIpc) is 3.03. The quantitative estimate of drug-likeness (QED) is 0.610.